The smallest absolute Gasteiger partial charge is 0.258 e. The van der Waals surface area contributed by atoms with Crippen LogP contribution >= 0.6 is 0 Å². The fourth-order valence-electron chi connectivity index (χ4n) is 3.26. The molecule has 1 aliphatic rings. The van der Waals surface area contributed by atoms with E-state index in [2.05, 4.69) is 20.4 Å². The molecule has 1 aliphatic heterocycles. The van der Waals surface area contributed by atoms with E-state index < -0.39 is 9.84 Å². The molecular formula is C18H26N4O4S. The Morgan fingerprint density at radius 1 is 1.30 bits per heavy atom. The van der Waals surface area contributed by atoms with Gasteiger partial charge in [-0.15, -0.1) is 0 Å². The lowest BCUT2D eigenvalue weighted by molar-refractivity contribution is 0.0315. The van der Waals surface area contributed by atoms with Gasteiger partial charge in [0.2, 0.25) is 0 Å². The standard InChI is InChI=1S/C18H26N4O4S/c1-13(2)16-21-17(26-22-16)14-4-7-19-15(10-14)20-11-18(12-27(3,23)24)5-8-25-9-6-18/h4,7,10,13H,5-6,8-9,11-12H2,1-3H3,(H,19,20). The molecule has 1 fully saturated rings. The van der Waals surface area contributed by atoms with Crippen LogP contribution in [0.1, 0.15) is 38.4 Å². The fourth-order valence-corrected chi connectivity index (χ4v) is 4.76. The number of anilines is 1. The summed E-state index contributed by atoms with van der Waals surface area (Å²) in [4.78, 5) is 8.74. The van der Waals surface area contributed by atoms with Crippen molar-refractivity contribution in [2.75, 3.05) is 37.1 Å². The quantitative estimate of drug-likeness (QED) is 0.763. The van der Waals surface area contributed by atoms with Crippen LogP contribution in [0.5, 0.6) is 0 Å². The molecule has 0 radical (unpaired) electrons. The lowest BCUT2D eigenvalue weighted by Gasteiger charge is -2.36. The van der Waals surface area contributed by atoms with Crippen molar-refractivity contribution in [3.8, 4) is 11.5 Å². The number of nitrogens with one attached hydrogen (secondary N) is 1. The minimum Gasteiger partial charge on any atom is -0.381 e. The zero-order chi connectivity index (χ0) is 19.5. The molecule has 148 valence electrons. The van der Waals surface area contributed by atoms with Crippen molar-refractivity contribution in [3.63, 3.8) is 0 Å². The zero-order valence-electron chi connectivity index (χ0n) is 15.9. The number of pyridine rings is 1. The van der Waals surface area contributed by atoms with Gasteiger partial charge in [0.25, 0.3) is 5.89 Å². The van der Waals surface area contributed by atoms with Crippen molar-refractivity contribution in [3.05, 3.63) is 24.2 Å². The molecule has 0 unspecified atom stereocenters. The monoisotopic (exact) mass is 394 g/mol. The minimum atomic E-state index is -3.09. The van der Waals surface area contributed by atoms with Crippen LogP contribution in [0.15, 0.2) is 22.9 Å². The highest BCUT2D eigenvalue weighted by molar-refractivity contribution is 7.90. The average Bonchev–Trinajstić information content (AvgIpc) is 3.10. The van der Waals surface area contributed by atoms with E-state index >= 15 is 0 Å². The minimum absolute atomic E-state index is 0.136. The van der Waals surface area contributed by atoms with Gasteiger partial charge >= 0.3 is 0 Å². The first-order valence-corrected chi connectivity index (χ1v) is 11.1. The topological polar surface area (TPSA) is 107 Å². The van der Waals surface area contributed by atoms with Gasteiger partial charge in [0.1, 0.15) is 15.7 Å². The Morgan fingerprint density at radius 3 is 2.67 bits per heavy atom. The first kappa shape index (κ1) is 19.8. The largest absolute Gasteiger partial charge is 0.381 e. The van der Waals surface area contributed by atoms with E-state index in [4.69, 9.17) is 9.26 Å². The molecule has 1 N–H and O–H groups in total. The maximum absolute atomic E-state index is 11.9. The van der Waals surface area contributed by atoms with E-state index in [0.717, 1.165) is 5.56 Å². The van der Waals surface area contributed by atoms with Gasteiger partial charge < -0.3 is 14.6 Å². The maximum Gasteiger partial charge on any atom is 0.258 e. The summed E-state index contributed by atoms with van der Waals surface area (Å²) >= 11 is 0. The molecule has 0 aliphatic carbocycles. The Bertz CT molecular complexity index is 873. The van der Waals surface area contributed by atoms with E-state index in [-0.39, 0.29) is 17.1 Å². The molecule has 27 heavy (non-hydrogen) atoms. The van der Waals surface area contributed by atoms with E-state index in [1.54, 1.807) is 6.20 Å². The Morgan fingerprint density at radius 2 is 2.04 bits per heavy atom. The molecule has 8 nitrogen and oxygen atoms in total. The van der Waals surface area contributed by atoms with Crippen molar-refractivity contribution in [1.82, 2.24) is 15.1 Å². The third-order valence-corrected chi connectivity index (χ3v) is 5.87. The molecule has 3 heterocycles. The molecule has 0 aromatic carbocycles. The number of rotatable bonds is 7. The Hall–Kier alpha value is -2.00. The number of ether oxygens (including phenoxy) is 1. The molecule has 2 aromatic heterocycles. The van der Waals surface area contributed by atoms with Crippen LogP contribution in [-0.2, 0) is 14.6 Å². The second-order valence-corrected chi connectivity index (χ2v) is 9.72. The molecule has 0 atom stereocenters. The molecule has 2 aromatic rings. The highest BCUT2D eigenvalue weighted by Crippen LogP contribution is 2.32. The highest BCUT2D eigenvalue weighted by Gasteiger charge is 2.36. The first-order chi connectivity index (χ1) is 12.8. The predicted octanol–water partition coefficient (Wildman–Crippen LogP) is 2.51. The lowest BCUT2D eigenvalue weighted by Crippen LogP contribution is -2.41. The van der Waals surface area contributed by atoms with E-state index in [0.29, 0.717) is 50.1 Å². The van der Waals surface area contributed by atoms with Gasteiger partial charge in [-0.1, -0.05) is 19.0 Å². The van der Waals surface area contributed by atoms with Crippen molar-refractivity contribution in [1.29, 1.82) is 0 Å². The summed E-state index contributed by atoms with van der Waals surface area (Å²) in [6.07, 6.45) is 4.36. The highest BCUT2D eigenvalue weighted by atomic mass is 32.2. The number of sulfone groups is 1. The molecule has 0 bridgehead atoms. The van der Waals surface area contributed by atoms with Crippen LogP contribution in [0.2, 0.25) is 0 Å². The van der Waals surface area contributed by atoms with Crippen molar-refractivity contribution >= 4 is 15.7 Å². The van der Waals surface area contributed by atoms with Crippen LogP contribution in [0, 0.1) is 5.41 Å². The third-order valence-electron chi connectivity index (χ3n) is 4.73. The molecule has 9 heteroatoms. The van der Waals surface area contributed by atoms with Gasteiger partial charge in [0, 0.05) is 49.1 Å². The third kappa shape index (κ3) is 5.26. The summed E-state index contributed by atoms with van der Waals surface area (Å²) < 4.78 is 34.6. The number of nitrogens with zero attached hydrogens (tertiary/aromatic N) is 3. The van der Waals surface area contributed by atoms with E-state index in [9.17, 15) is 8.42 Å². The molecule has 0 saturated carbocycles. The van der Waals surface area contributed by atoms with Crippen molar-refractivity contribution in [2.45, 2.75) is 32.6 Å². The Kier molecular flexibility index (Phi) is 5.81. The van der Waals surface area contributed by atoms with Crippen LogP contribution in [0.3, 0.4) is 0 Å². The van der Waals surface area contributed by atoms with Crippen LogP contribution in [0.25, 0.3) is 11.5 Å². The predicted molar refractivity (Wildman–Crippen MR) is 102 cm³/mol. The van der Waals surface area contributed by atoms with Gasteiger partial charge in [0.15, 0.2) is 5.82 Å². The summed E-state index contributed by atoms with van der Waals surface area (Å²) in [5, 5.41) is 7.28. The summed E-state index contributed by atoms with van der Waals surface area (Å²) in [5.74, 6) is 2.08. The van der Waals surface area contributed by atoms with Gasteiger partial charge in [-0.2, -0.15) is 4.98 Å². The van der Waals surface area contributed by atoms with Crippen LogP contribution in [0.4, 0.5) is 5.82 Å². The van der Waals surface area contributed by atoms with Gasteiger partial charge in [-0.25, -0.2) is 13.4 Å². The molecule has 3 rings (SSSR count). The summed E-state index contributed by atoms with van der Waals surface area (Å²) in [6.45, 7) is 5.67. The van der Waals surface area contributed by atoms with Gasteiger partial charge in [0.05, 0.1) is 5.75 Å². The second kappa shape index (κ2) is 7.93. The van der Waals surface area contributed by atoms with Crippen LogP contribution in [-0.4, -0.2) is 55.3 Å². The van der Waals surface area contributed by atoms with Crippen molar-refractivity contribution in [2.24, 2.45) is 5.41 Å². The number of aromatic nitrogens is 3. The Labute approximate surface area is 159 Å². The summed E-state index contributed by atoms with van der Waals surface area (Å²) in [6, 6.07) is 3.65. The normalized spacial score (nSPS) is 17.2. The van der Waals surface area contributed by atoms with Gasteiger partial charge in [-0.05, 0) is 25.0 Å². The lowest BCUT2D eigenvalue weighted by atomic mass is 9.82. The number of hydrogen-bond donors (Lipinski definition) is 1. The SMILES string of the molecule is CC(C)c1noc(-c2ccnc(NCC3(CS(C)(=O)=O)CCOCC3)c2)n1. The fraction of sp³-hybridized carbons (Fsp3) is 0.611. The van der Waals surface area contributed by atoms with E-state index in [1.165, 1.54) is 6.26 Å². The molecular weight excluding hydrogens is 368 g/mol. The van der Waals surface area contributed by atoms with Crippen LogP contribution < -0.4 is 5.32 Å². The number of hydrogen-bond acceptors (Lipinski definition) is 8. The average molecular weight is 394 g/mol. The second-order valence-electron chi connectivity index (χ2n) is 7.58. The Balaban J connectivity index is 1.74. The van der Waals surface area contributed by atoms with Gasteiger partial charge in [-0.3, -0.25) is 0 Å². The van der Waals surface area contributed by atoms with Crippen molar-refractivity contribution < 1.29 is 17.7 Å². The molecule has 0 amide bonds. The van der Waals surface area contributed by atoms with E-state index in [1.807, 2.05) is 26.0 Å². The summed E-state index contributed by atoms with van der Waals surface area (Å²) in [7, 11) is -3.09. The molecule has 1 saturated heterocycles. The first-order valence-electron chi connectivity index (χ1n) is 9.06. The summed E-state index contributed by atoms with van der Waals surface area (Å²) in [5.41, 5.74) is 0.426. The maximum atomic E-state index is 11.9. The zero-order valence-corrected chi connectivity index (χ0v) is 16.8. The molecule has 0 spiro atoms.